The third-order valence-corrected chi connectivity index (χ3v) is 3.28. The van der Waals surface area contributed by atoms with Crippen molar-refractivity contribution < 1.29 is 9.23 Å². The summed E-state index contributed by atoms with van der Waals surface area (Å²) in [6, 6.07) is 5.08. The van der Waals surface area contributed by atoms with Crippen LogP contribution in [0.1, 0.15) is 18.9 Å². The van der Waals surface area contributed by atoms with Crippen molar-refractivity contribution in [2.75, 3.05) is 12.4 Å². The Morgan fingerprint density at radius 2 is 2.40 bits per heavy atom. The van der Waals surface area contributed by atoms with Crippen molar-refractivity contribution >= 4 is 17.5 Å². The average Bonchev–Trinajstić information content (AvgIpc) is 2.27. The first-order chi connectivity index (χ1) is 7.33. The van der Waals surface area contributed by atoms with Gasteiger partial charge in [0.1, 0.15) is 12.4 Å². The van der Waals surface area contributed by atoms with Crippen molar-refractivity contribution in [3.8, 4) is 0 Å². The van der Waals surface area contributed by atoms with Crippen molar-refractivity contribution in [1.82, 2.24) is 0 Å². The molecule has 0 fully saturated rings. The molecule has 0 saturated heterocycles. The van der Waals surface area contributed by atoms with Gasteiger partial charge in [0, 0.05) is 17.7 Å². The summed E-state index contributed by atoms with van der Waals surface area (Å²) in [6.45, 7) is 2.43. The monoisotopic (exact) mass is 225 g/mol. The zero-order chi connectivity index (χ0) is 10.7. The summed E-state index contributed by atoms with van der Waals surface area (Å²) in [5, 5.41) is 4.02. The number of hydrogen-bond acceptors (Lipinski definition) is 3. The quantitative estimate of drug-likeness (QED) is 0.721. The minimum absolute atomic E-state index is 0.165. The molecule has 0 unspecified atom stereocenters. The molecule has 0 spiro atoms. The molecule has 0 bridgehead atoms. The highest BCUT2D eigenvalue weighted by atomic mass is 32.2. The van der Waals surface area contributed by atoms with Gasteiger partial charge in [0.2, 0.25) is 0 Å². The normalized spacial score (nSPS) is 17.6. The van der Waals surface area contributed by atoms with E-state index in [9.17, 15) is 4.39 Å². The second-order valence-corrected chi connectivity index (χ2v) is 4.28. The molecule has 2 rings (SSSR count). The van der Waals surface area contributed by atoms with Crippen molar-refractivity contribution in [2.45, 2.75) is 18.2 Å². The molecule has 80 valence electrons. The van der Waals surface area contributed by atoms with Gasteiger partial charge >= 0.3 is 0 Å². The Bertz CT molecular complexity index is 392. The molecule has 1 aliphatic rings. The molecule has 1 heterocycles. The Kier molecular flexibility index (Phi) is 3.26. The van der Waals surface area contributed by atoms with Crippen molar-refractivity contribution in [3.63, 3.8) is 0 Å². The van der Waals surface area contributed by atoms with Gasteiger partial charge in [0.15, 0.2) is 0 Å². The van der Waals surface area contributed by atoms with Gasteiger partial charge in [-0.2, -0.15) is 0 Å². The number of benzene rings is 1. The van der Waals surface area contributed by atoms with Crippen LogP contribution in [0.25, 0.3) is 0 Å². The lowest BCUT2D eigenvalue weighted by atomic mass is 10.1. The zero-order valence-corrected chi connectivity index (χ0v) is 9.31. The van der Waals surface area contributed by atoms with Crippen molar-refractivity contribution in [2.24, 2.45) is 5.16 Å². The Balaban J connectivity index is 2.38. The number of halogens is 1. The van der Waals surface area contributed by atoms with Crippen LogP contribution in [0.15, 0.2) is 28.3 Å². The lowest BCUT2D eigenvalue weighted by Crippen LogP contribution is -2.11. The van der Waals surface area contributed by atoms with E-state index in [1.54, 1.807) is 17.8 Å². The molecule has 0 radical (unpaired) electrons. The van der Waals surface area contributed by atoms with E-state index in [4.69, 9.17) is 4.84 Å². The molecule has 0 aromatic heterocycles. The van der Waals surface area contributed by atoms with E-state index in [-0.39, 0.29) is 5.82 Å². The molecule has 1 aromatic rings. The Morgan fingerprint density at radius 3 is 3.20 bits per heavy atom. The van der Waals surface area contributed by atoms with Crippen LogP contribution in [-0.2, 0) is 4.84 Å². The second kappa shape index (κ2) is 4.66. The van der Waals surface area contributed by atoms with Gasteiger partial charge in [-0.25, -0.2) is 4.39 Å². The summed E-state index contributed by atoms with van der Waals surface area (Å²) >= 11 is 1.54. The first-order valence-electron chi connectivity index (χ1n) is 4.93. The average molecular weight is 225 g/mol. The SMILES string of the molecule is CCO/N=C1/CCSc2c(F)cccc21. The van der Waals surface area contributed by atoms with Crippen LogP contribution >= 0.6 is 11.8 Å². The van der Waals surface area contributed by atoms with Gasteiger partial charge in [-0.05, 0) is 13.0 Å². The summed E-state index contributed by atoms with van der Waals surface area (Å²) in [6.07, 6.45) is 0.834. The first-order valence-corrected chi connectivity index (χ1v) is 5.92. The first kappa shape index (κ1) is 10.5. The fourth-order valence-corrected chi connectivity index (χ4v) is 2.55. The van der Waals surface area contributed by atoms with Gasteiger partial charge in [0.25, 0.3) is 0 Å². The van der Waals surface area contributed by atoms with Crippen LogP contribution in [0.5, 0.6) is 0 Å². The van der Waals surface area contributed by atoms with E-state index in [0.29, 0.717) is 11.5 Å². The molecule has 1 aliphatic heterocycles. The summed E-state index contributed by atoms with van der Waals surface area (Å²) in [5.41, 5.74) is 1.73. The Morgan fingerprint density at radius 1 is 1.53 bits per heavy atom. The summed E-state index contributed by atoms with van der Waals surface area (Å²) in [5.74, 6) is 0.696. The molecule has 0 amide bonds. The lowest BCUT2D eigenvalue weighted by molar-refractivity contribution is 0.158. The number of rotatable bonds is 2. The zero-order valence-electron chi connectivity index (χ0n) is 8.50. The molecule has 1 aromatic carbocycles. The number of nitrogens with zero attached hydrogens (tertiary/aromatic N) is 1. The van der Waals surface area contributed by atoms with Crippen LogP contribution in [0.4, 0.5) is 4.39 Å². The molecule has 0 aliphatic carbocycles. The van der Waals surface area contributed by atoms with Crippen LogP contribution in [0.2, 0.25) is 0 Å². The highest BCUT2D eigenvalue weighted by Gasteiger charge is 2.19. The van der Waals surface area contributed by atoms with Crippen molar-refractivity contribution in [1.29, 1.82) is 0 Å². The van der Waals surface area contributed by atoms with Gasteiger partial charge in [-0.1, -0.05) is 17.3 Å². The fraction of sp³-hybridized carbons (Fsp3) is 0.364. The second-order valence-electron chi connectivity index (χ2n) is 3.17. The molecular formula is C11H12FNOS. The largest absolute Gasteiger partial charge is 0.396 e. The van der Waals surface area contributed by atoms with E-state index < -0.39 is 0 Å². The number of thioether (sulfide) groups is 1. The maximum absolute atomic E-state index is 13.5. The van der Waals surface area contributed by atoms with E-state index in [1.165, 1.54) is 6.07 Å². The van der Waals surface area contributed by atoms with Crippen LogP contribution < -0.4 is 0 Å². The maximum Gasteiger partial charge on any atom is 0.137 e. The molecular weight excluding hydrogens is 213 g/mol. The number of hydrogen-bond donors (Lipinski definition) is 0. The minimum Gasteiger partial charge on any atom is -0.396 e. The number of fused-ring (bicyclic) bond motifs is 1. The highest BCUT2D eigenvalue weighted by Crippen LogP contribution is 2.32. The Hall–Kier alpha value is -1.03. The summed E-state index contributed by atoms with van der Waals surface area (Å²) in [7, 11) is 0. The highest BCUT2D eigenvalue weighted by molar-refractivity contribution is 7.99. The van der Waals surface area contributed by atoms with Gasteiger partial charge in [-0.15, -0.1) is 11.8 Å². The smallest absolute Gasteiger partial charge is 0.137 e. The van der Waals surface area contributed by atoms with E-state index >= 15 is 0 Å². The van der Waals surface area contributed by atoms with E-state index in [0.717, 1.165) is 23.4 Å². The van der Waals surface area contributed by atoms with Crippen LogP contribution in [0, 0.1) is 5.82 Å². The van der Waals surface area contributed by atoms with Gasteiger partial charge in [-0.3, -0.25) is 0 Å². The van der Waals surface area contributed by atoms with E-state index in [1.807, 2.05) is 13.0 Å². The molecule has 0 N–H and O–H groups in total. The number of oxime groups is 1. The fourth-order valence-electron chi connectivity index (χ4n) is 1.50. The predicted octanol–water partition coefficient (Wildman–Crippen LogP) is 3.06. The van der Waals surface area contributed by atoms with Crippen LogP contribution in [-0.4, -0.2) is 18.1 Å². The lowest BCUT2D eigenvalue weighted by Gasteiger charge is -2.16. The molecule has 0 saturated carbocycles. The third-order valence-electron chi connectivity index (χ3n) is 2.17. The molecule has 15 heavy (non-hydrogen) atoms. The molecule has 4 heteroatoms. The predicted molar refractivity (Wildman–Crippen MR) is 59.9 cm³/mol. The standard InChI is InChI=1S/C11H12FNOS/c1-2-14-13-10-6-7-15-11-8(10)4-3-5-9(11)12/h3-5H,2,6-7H2,1H3/b13-10-. The molecule has 2 nitrogen and oxygen atoms in total. The topological polar surface area (TPSA) is 21.6 Å². The third kappa shape index (κ3) is 2.15. The minimum atomic E-state index is -0.165. The summed E-state index contributed by atoms with van der Waals surface area (Å²) in [4.78, 5) is 5.72. The van der Waals surface area contributed by atoms with Gasteiger partial charge < -0.3 is 4.84 Å². The molecule has 0 atom stereocenters. The van der Waals surface area contributed by atoms with Crippen LogP contribution in [0.3, 0.4) is 0 Å². The summed E-state index contributed by atoms with van der Waals surface area (Å²) < 4.78 is 13.5. The van der Waals surface area contributed by atoms with E-state index in [2.05, 4.69) is 5.16 Å². The Labute approximate surface area is 92.5 Å². The van der Waals surface area contributed by atoms with Crippen molar-refractivity contribution in [3.05, 3.63) is 29.6 Å². The maximum atomic E-state index is 13.5. The van der Waals surface area contributed by atoms with Gasteiger partial charge in [0.05, 0.1) is 10.6 Å².